The summed E-state index contributed by atoms with van der Waals surface area (Å²) in [4.78, 5) is 3.50. The average Bonchev–Trinajstić information content (AvgIpc) is 1.61. The van der Waals surface area contributed by atoms with Crippen LogP contribution in [0.4, 0.5) is 0 Å². The fourth-order valence-electron chi connectivity index (χ4n) is 0.138. The van der Waals surface area contributed by atoms with Crippen LogP contribution in [0.15, 0.2) is 4.99 Å². The monoisotopic (exact) mass is 121 g/mol. The van der Waals surface area contributed by atoms with E-state index >= 15 is 0 Å². The molecule has 0 saturated heterocycles. The van der Waals surface area contributed by atoms with Crippen molar-refractivity contribution in [3.8, 4) is 0 Å². The van der Waals surface area contributed by atoms with Crippen molar-refractivity contribution in [3.05, 3.63) is 0 Å². The van der Waals surface area contributed by atoms with Crippen LogP contribution in [0.5, 0.6) is 0 Å². The fraction of sp³-hybridized carbons (Fsp3) is 0.667. The third-order valence-electron chi connectivity index (χ3n) is 0.347. The molecule has 0 heterocycles. The number of aliphatic imine (C=N–C) groups is 1. The molecule has 0 aliphatic heterocycles. The summed E-state index contributed by atoms with van der Waals surface area (Å²) in [5.41, 5.74) is 1.00. The van der Waals surface area contributed by atoms with E-state index in [1.165, 1.54) is 0 Å². The minimum absolute atomic E-state index is 0.562. The van der Waals surface area contributed by atoms with Gasteiger partial charge in [0, 0.05) is 6.54 Å². The van der Waals surface area contributed by atoms with Gasteiger partial charge in [0.05, 0.1) is 0 Å². The SMILES string of the molecule is CCN=CS(=O)O. The van der Waals surface area contributed by atoms with E-state index in [1.54, 1.807) is 6.92 Å². The molecular weight excluding hydrogens is 114 g/mol. The van der Waals surface area contributed by atoms with Crippen molar-refractivity contribution in [1.29, 1.82) is 0 Å². The maximum Gasteiger partial charge on any atom is 0.197 e. The lowest BCUT2D eigenvalue weighted by atomic mass is 10.8. The highest BCUT2D eigenvalue weighted by molar-refractivity contribution is 7.93. The van der Waals surface area contributed by atoms with Crippen molar-refractivity contribution < 1.29 is 8.76 Å². The van der Waals surface area contributed by atoms with Gasteiger partial charge >= 0.3 is 0 Å². The highest BCUT2D eigenvalue weighted by Gasteiger charge is 1.76. The Kier molecular flexibility index (Phi) is 3.83. The zero-order valence-corrected chi connectivity index (χ0v) is 4.81. The van der Waals surface area contributed by atoms with Crippen molar-refractivity contribution in [3.63, 3.8) is 0 Å². The zero-order valence-electron chi connectivity index (χ0n) is 4.00. The molecule has 0 amide bonds. The van der Waals surface area contributed by atoms with E-state index in [-0.39, 0.29) is 0 Å². The van der Waals surface area contributed by atoms with Crippen molar-refractivity contribution in [2.45, 2.75) is 6.92 Å². The maximum atomic E-state index is 9.72. The first-order valence-electron chi connectivity index (χ1n) is 1.87. The van der Waals surface area contributed by atoms with Gasteiger partial charge in [-0.3, -0.25) is 4.99 Å². The lowest BCUT2D eigenvalue weighted by Crippen LogP contribution is -1.85. The first-order chi connectivity index (χ1) is 3.27. The number of rotatable bonds is 2. The second kappa shape index (κ2) is 3.95. The molecule has 1 unspecified atom stereocenters. The molecule has 7 heavy (non-hydrogen) atoms. The largest absolute Gasteiger partial charge is 0.302 e. The Morgan fingerprint density at radius 1 is 2.00 bits per heavy atom. The van der Waals surface area contributed by atoms with E-state index in [0.717, 1.165) is 5.55 Å². The number of hydrogen-bond acceptors (Lipinski definition) is 2. The van der Waals surface area contributed by atoms with Gasteiger partial charge in [-0.1, -0.05) is 0 Å². The standard InChI is InChI=1S/C3H7NO2S/c1-2-4-3-7(5)6/h3H,2H2,1H3,(H,5,6). The molecule has 0 aromatic rings. The Labute approximate surface area is 44.7 Å². The van der Waals surface area contributed by atoms with E-state index < -0.39 is 11.1 Å². The molecule has 0 saturated carbocycles. The molecule has 1 N–H and O–H groups in total. The van der Waals surface area contributed by atoms with Crippen LogP contribution in [0.1, 0.15) is 6.92 Å². The third-order valence-corrected chi connectivity index (χ3v) is 0.677. The van der Waals surface area contributed by atoms with E-state index in [1.807, 2.05) is 0 Å². The molecule has 0 aromatic carbocycles. The molecule has 42 valence electrons. The molecule has 4 heteroatoms. The summed E-state index contributed by atoms with van der Waals surface area (Å²) in [5.74, 6) is 0. The van der Waals surface area contributed by atoms with Crippen molar-refractivity contribution in [1.82, 2.24) is 0 Å². The van der Waals surface area contributed by atoms with Crippen LogP contribution in [0.2, 0.25) is 0 Å². The van der Waals surface area contributed by atoms with Crippen LogP contribution in [-0.4, -0.2) is 20.9 Å². The van der Waals surface area contributed by atoms with Crippen LogP contribution in [0, 0.1) is 0 Å². The predicted molar refractivity (Wildman–Crippen MR) is 29.8 cm³/mol. The molecule has 0 radical (unpaired) electrons. The molecule has 0 rings (SSSR count). The van der Waals surface area contributed by atoms with Crippen LogP contribution in [0.3, 0.4) is 0 Å². The Balaban J connectivity index is 3.26. The van der Waals surface area contributed by atoms with E-state index in [2.05, 4.69) is 4.99 Å². The molecule has 1 atom stereocenters. The lowest BCUT2D eigenvalue weighted by Gasteiger charge is -1.75. The highest BCUT2D eigenvalue weighted by atomic mass is 32.2. The summed E-state index contributed by atoms with van der Waals surface area (Å²) in [6.45, 7) is 2.36. The average molecular weight is 121 g/mol. The van der Waals surface area contributed by atoms with Crippen LogP contribution >= 0.6 is 0 Å². The summed E-state index contributed by atoms with van der Waals surface area (Å²) >= 11 is -1.86. The van der Waals surface area contributed by atoms with Gasteiger partial charge in [-0.05, 0) is 6.92 Å². The van der Waals surface area contributed by atoms with Crippen LogP contribution in [-0.2, 0) is 11.1 Å². The van der Waals surface area contributed by atoms with Gasteiger partial charge in [0.25, 0.3) is 0 Å². The topological polar surface area (TPSA) is 49.7 Å². The van der Waals surface area contributed by atoms with E-state index in [9.17, 15) is 4.21 Å². The molecule has 0 aliphatic rings. The number of nitrogens with zero attached hydrogens (tertiary/aromatic N) is 1. The summed E-state index contributed by atoms with van der Waals surface area (Å²) in [6.07, 6.45) is 0. The smallest absolute Gasteiger partial charge is 0.197 e. The van der Waals surface area contributed by atoms with Gasteiger partial charge in [0.1, 0.15) is 5.55 Å². The molecule has 0 fully saturated rings. The van der Waals surface area contributed by atoms with Crippen molar-refractivity contribution >= 4 is 16.6 Å². The summed E-state index contributed by atoms with van der Waals surface area (Å²) in [7, 11) is 0. The number of hydrogen-bond donors (Lipinski definition) is 1. The van der Waals surface area contributed by atoms with Crippen molar-refractivity contribution in [2.24, 2.45) is 4.99 Å². The quantitative estimate of drug-likeness (QED) is 0.323. The first-order valence-corrected chi connectivity index (χ1v) is 3.04. The van der Waals surface area contributed by atoms with Gasteiger partial charge in [-0.15, -0.1) is 0 Å². The van der Waals surface area contributed by atoms with Gasteiger partial charge in [-0.2, -0.15) is 0 Å². The Morgan fingerprint density at radius 2 is 2.57 bits per heavy atom. The summed E-state index contributed by atoms with van der Waals surface area (Å²) in [5, 5.41) is 0. The zero-order chi connectivity index (χ0) is 5.70. The molecule has 3 nitrogen and oxygen atoms in total. The van der Waals surface area contributed by atoms with Crippen LogP contribution in [0.25, 0.3) is 0 Å². The third kappa shape index (κ3) is 5.78. The molecular formula is C3H7NO2S. The molecule has 0 spiro atoms. The van der Waals surface area contributed by atoms with Gasteiger partial charge in [0.15, 0.2) is 11.1 Å². The molecule has 0 bridgehead atoms. The molecule has 0 aromatic heterocycles. The predicted octanol–water partition coefficient (Wildman–Crippen LogP) is 0.256. The highest BCUT2D eigenvalue weighted by Crippen LogP contribution is 1.65. The van der Waals surface area contributed by atoms with E-state index in [4.69, 9.17) is 4.55 Å². The fourth-order valence-corrected chi connectivity index (χ4v) is 0.415. The molecule has 0 aliphatic carbocycles. The Bertz CT molecular complexity index is 90.9. The summed E-state index contributed by atoms with van der Waals surface area (Å²) in [6, 6.07) is 0. The van der Waals surface area contributed by atoms with Gasteiger partial charge in [-0.25, -0.2) is 4.21 Å². The minimum atomic E-state index is -1.86. The lowest BCUT2D eigenvalue weighted by molar-refractivity contribution is 0.578. The van der Waals surface area contributed by atoms with Gasteiger partial charge in [0.2, 0.25) is 0 Å². The Morgan fingerprint density at radius 3 is 2.71 bits per heavy atom. The Hall–Kier alpha value is -0.220. The summed E-state index contributed by atoms with van der Waals surface area (Å²) < 4.78 is 17.7. The second-order valence-corrected chi connectivity index (χ2v) is 1.64. The first kappa shape index (κ1) is 6.78. The normalized spacial score (nSPS) is 15.1. The van der Waals surface area contributed by atoms with Gasteiger partial charge < -0.3 is 4.55 Å². The van der Waals surface area contributed by atoms with Crippen molar-refractivity contribution in [2.75, 3.05) is 6.54 Å². The van der Waals surface area contributed by atoms with Crippen LogP contribution < -0.4 is 0 Å². The minimum Gasteiger partial charge on any atom is -0.302 e. The van der Waals surface area contributed by atoms with E-state index in [0.29, 0.717) is 6.54 Å². The second-order valence-electron chi connectivity index (χ2n) is 0.880. The maximum absolute atomic E-state index is 9.72.